The van der Waals surface area contributed by atoms with E-state index < -0.39 is 12.2 Å². The number of fused-ring (bicyclic) bond motifs is 1. The molecule has 0 unspecified atom stereocenters. The predicted molar refractivity (Wildman–Crippen MR) is 140 cm³/mol. The largest absolute Gasteiger partial charge is 0.490 e. The van der Waals surface area contributed by atoms with E-state index in [1.807, 2.05) is 55.3 Å². The van der Waals surface area contributed by atoms with Gasteiger partial charge in [0.25, 0.3) is 5.91 Å². The van der Waals surface area contributed by atoms with Crippen molar-refractivity contribution in [2.75, 3.05) is 26.7 Å². The van der Waals surface area contributed by atoms with E-state index in [0.717, 1.165) is 75.0 Å². The third-order valence-corrected chi connectivity index (χ3v) is 7.61. The maximum Gasteiger partial charge on any atom is 0.257 e. The molecule has 1 aliphatic carbocycles. The van der Waals surface area contributed by atoms with Crippen LogP contribution in [0.4, 0.5) is 0 Å². The number of aliphatic hydroxyl groups excluding tert-OH is 2. The molecule has 1 saturated carbocycles. The lowest BCUT2D eigenvalue weighted by Crippen LogP contribution is -2.41. The first kappa shape index (κ1) is 26.6. The molecule has 1 amide bonds. The Balaban J connectivity index is 1.47. The summed E-state index contributed by atoms with van der Waals surface area (Å²) in [6, 6.07) is 12.1. The molecule has 7 nitrogen and oxygen atoms in total. The zero-order valence-corrected chi connectivity index (χ0v) is 21.7. The van der Waals surface area contributed by atoms with E-state index in [1.54, 1.807) is 0 Å². The number of aliphatic hydroxyl groups is 2. The van der Waals surface area contributed by atoms with Crippen LogP contribution in [0.5, 0.6) is 5.75 Å². The van der Waals surface area contributed by atoms with Gasteiger partial charge in [-0.05, 0) is 82.2 Å². The standard InChI is InChI=1S/C29H41N3O4/c1-21-9-6-12-23(30-21)19-32-17-5-3-4-10-22-11-7-15-25(29(35)31(2)24-13-8-14-24)28(22)36-20-27(34)26(33)16-18-32/h6-7,9,11-12,15,24,26-27,33-34H,3-5,8,10,13-14,16-20H2,1-2H3/t26-,27+/m0/s1. The number of rotatable bonds is 4. The fraction of sp³-hybridized carbons (Fsp3) is 0.586. The van der Waals surface area contributed by atoms with Crippen LogP contribution >= 0.6 is 0 Å². The number of nitrogens with zero attached hydrogens (tertiary/aromatic N) is 3. The van der Waals surface area contributed by atoms with Crippen molar-refractivity contribution in [1.82, 2.24) is 14.8 Å². The highest BCUT2D eigenvalue weighted by atomic mass is 16.5. The van der Waals surface area contributed by atoms with Crippen molar-refractivity contribution in [3.05, 3.63) is 58.9 Å². The topological polar surface area (TPSA) is 86.1 Å². The molecule has 7 heteroatoms. The average Bonchev–Trinajstić information content (AvgIpc) is 2.83. The molecule has 196 valence electrons. The summed E-state index contributed by atoms with van der Waals surface area (Å²) >= 11 is 0. The molecular formula is C29H41N3O4. The van der Waals surface area contributed by atoms with Crippen molar-refractivity contribution in [1.29, 1.82) is 0 Å². The minimum Gasteiger partial charge on any atom is -0.490 e. The van der Waals surface area contributed by atoms with E-state index in [4.69, 9.17) is 4.74 Å². The Kier molecular flexibility index (Phi) is 9.35. The van der Waals surface area contributed by atoms with Crippen LogP contribution in [0.3, 0.4) is 0 Å². The minimum absolute atomic E-state index is 0.0342. The Bertz CT molecular complexity index is 1010. The van der Waals surface area contributed by atoms with Crippen LogP contribution in [0.25, 0.3) is 0 Å². The summed E-state index contributed by atoms with van der Waals surface area (Å²) in [6.07, 6.45) is 5.63. The first-order chi connectivity index (χ1) is 17.4. The molecule has 1 fully saturated rings. The van der Waals surface area contributed by atoms with Crippen LogP contribution in [0.2, 0.25) is 0 Å². The van der Waals surface area contributed by atoms with Gasteiger partial charge < -0.3 is 19.8 Å². The molecule has 1 aromatic heterocycles. The van der Waals surface area contributed by atoms with Gasteiger partial charge >= 0.3 is 0 Å². The molecule has 0 radical (unpaired) electrons. The first-order valence-corrected chi connectivity index (χ1v) is 13.4. The third-order valence-electron chi connectivity index (χ3n) is 7.61. The average molecular weight is 496 g/mol. The highest BCUT2D eigenvalue weighted by molar-refractivity contribution is 5.97. The smallest absolute Gasteiger partial charge is 0.257 e. The monoisotopic (exact) mass is 495 g/mol. The van der Waals surface area contributed by atoms with E-state index in [1.165, 1.54) is 0 Å². The highest BCUT2D eigenvalue weighted by Crippen LogP contribution is 2.31. The van der Waals surface area contributed by atoms with Gasteiger partial charge in [-0.25, -0.2) is 0 Å². The van der Waals surface area contributed by atoms with E-state index in [2.05, 4.69) is 9.88 Å². The van der Waals surface area contributed by atoms with Gasteiger partial charge in [0.15, 0.2) is 0 Å². The fourth-order valence-corrected chi connectivity index (χ4v) is 5.05. The number of ether oxygens (including phenoxy) is 1. The zero-order valence-electron chi connectivity index (χ0n) is 21.7. The number of pyridine rings is 1. The van der Waals surface area contributed by atoms with Gasteiger partial charge in [0, 0.05) is 31.9 Å². The Morgan fingerprint density at radius 3 is 2.58 bits per heavy atom. The summed E-state index contributed by atoms with van der Waals surface area (Å²) < 4.78 is 6.10. The molecule has 2 aliphatic rings. The maximum absolute atomic E-state index is 13.3. The Morgan fingerprint density at radius 2 is 1.83 bits per heavy atom. The van der Waals surface area contributed by atoms with E-state index in [9.17, 15) is 15.0 Å². The molecule has 0 spiro atoms. The lowest BCUT2D eigenvalue weighted by molar-refractivity contribution is -0.0165. The van der Waals surface area contributed by atoms with Crippen LogP contribution in [0, 0.1) is 6.92 Å². The summed E-state index contributed by atoms with van der Waals surface area (Å²) in [5.41, 5.74) is 3.56. The van der Waals surface area contributed by atoms with Crippen molar-refractivity contribution >= 4 is 5.91 Å². The van der Waals surface area contributed by atoms with Crippen molar-refractivity contribution < 1.29 is 19.7 Å². The second-order valence-electron chi connectivity index (χ2n) is 10.4. The van der Waals surface area contributed by atoms with Crippen LogP contribution < -0.4 is 4.74 Å². The summed E-state index contributed by atoms with van der Waals surface area (Å²) in [4.78, 5) is 22.1. The third kappa shape index (κ3) is 6.84. The SMILES string of the molecule is Cc1cccc(CN2CCCCCc3cccc(C(=O)N(C)C4CCC4)c3OC[C@@H](O)[C@@H](O)CC2)n1. The molecule has 1 aromatic carbocycles. The van der Waals surface area contributed by atoms with Crippen LogP contribution in [-0.4, -0.2) is 75.9 Å². The molecule has 2 aromatic rings. The van der Waals surface area contributed by atoms with Gasteiger partial charge in [-0.3, -0.25) is 14.7 Å². The number of aryl methyl sites for hydroxylation is 2. The Labute approximate surface area is 215 Å². The van der Waals surface area contributed by atoms with E-state index >= 15 is 0 Å². The van der Waals surface area contributed by atoms with E-state index in [-0.39, 0.29) is 18.6 Å². The highest BCUT2D eigenvalue weighted by Gasteiger charge is 2.29. The Morgan fingerprint density at radius 1 is 1.03 bits per heavy atom. The lowest BCUT2D eigenvalue weighted by atomic mass is 9.91. The Hall–Kier alpha value is -2.48. The molecule has 2 atom stereocenters. The number of amides is 1. The first-order valence-electron chi connectivity index (χ1n) is 13.4. The van der Waals surface area contributed by atoms with Crippen LogP contribution in [0.1, 0.15) is 72.3 Å². The normalized spacial score (nSPS) is 22.6. The van der Waals surface area contributed by atoms with Gasteiger partial charge in [0.05, 0.1) is 17.4 Å². The van der Waals surface area contributed by atoms with Gasteiger partial charge in [0.1, 0.15) is 18.5 Å². The lowest BCUT2D eigenvalue weighted by Gasteiger charge is -2.35. The molecule has 0 saturated heterocycles. The minimum atomic E-state index is -1.03. The van der Waals surface area contributed by atoms with Crippen molar-refractivity contribution in [3.8, 4) is 5.75 Å². The predicted octanol–water partition coefficient (Wildman–Crippen LogP) is 3.73. The number of carbonyl (C=O) groups is 1. The van der Waals surface area contributed by atoms with Crippen LogP contribution in [0.15, 0.2) is 36.4 Å². The second-order valence-corrected chi connectivity index (χ2v) is 10.4. The van der Waals surface area contributed by atoms with Gasteiger partial charge in [-0.1, -0.05) is 24.6 Å². The van der Waals surface area contributed by atoms with Crippen molar-refractivity contribution in [2.45, 2.75) is 83.1 Å². The molecule has 0 bridgehead atoms. The second kappa shape index (κ2) is 12.7. The number of hydrogen-bond acceptors (Lipinski definition) is 6. The molecule has 1 aliphatic heterocycles. The molecule has 2 heterocycles. The number of carbonyl (C=O) groups excluding carboxylic acids is 1. The molecule has 4 rings (SSSR count). The summed E-state index contributed by atoms with van der Waals surface area (Å²) in [7, 11) is 1.87. The van der Waals surface area contributed by atoms with E-state index in [0.29, 0.717) is 24.3 Å². The summed E-state index contributed by atoms with van der Waals surface area (Å²) in [6.45, 7) is 4.25. The quantitative estimate of drug-likeness (QED) is 0.672. The fourth-order valence-electron chi connectivity index (χ4n) is 5.05. The van der Waals surface area contributed by atoms with Gasteiger partial charge in [-0.2, -0.15) is 0 Å². The van der Waals surface area contributed by atoms with Gasteiger partial charge in [-0.15, -0.1) is 0 Å². The molecular weight excluding hydrogens is 454 g/mol. The van der Waals surface area contributed by atoms with Crippen LogP contribution in [-0.2, 0) is 13.0 Å². The van der Waals surface area contributed by atoms with Gasteiger partial charge in [0.2, 0.25) is 0 Å². The number of benzene rings is 1. The van der Waals surface area contributed by atoms with Crippen molar-refractivity contribution in [3.63, 3.8) is 0 Å². The zero-order chi connectivity index (χ0) is 25.5. The summed E-state index contributed by atoms with van der Waals surface area (Å²) in [5, 5.41) is 21.4. The molecule has 36 heavy (non-hydrogen) atoms. The number of aromatic nitrogens is 1. The number of para-hydroxylation sites is 1. The van der Waals surface area contributed by atoms with Crippen molar-refractivity contribution in [2.24, 2.45) is 0 Å². The number of hydrogen-bond donors (Lipinski definition) is 2. The maximum atomic E-state index is 13.3. The molecule has 2 N–H and O–H groups in total. The summed E-state index contributed by atoms with van der Waals surface area (Å²) in [5.74, 6) is 0.525.